The number of amides is 1. The number of carbonyl (C=O) groups excluding carboxylic acids is 1. The molecule has 3 rings (SSSR count). The van der Waals surface area contributed by atoms with Crippen LogP contribution in [0.15, 0.2) is 34.9 Å². The molecule has 0 saturated carbocycles. The van der Waals surface area contributed by atoms with Crippen LogP contribution in [-0.4, -0.2) is 11.2 Å². The zero-order chi connectivity index (χ0) is 11.3. The predicted molar refractivity (Wildman–Crippen MR) is 65.4 cm³/mol. The van der Waals surface area contributed by atoms with Gasteiger partial charge in [0, 0.05) is 0 Å². The molecular weight excluding hydrogens is 220 g/mol. The first kappa shape index (κ1) is 9.54. The van der Waals surface area contributed by atoms with Crippen molar-refractivity contribution < 1.29 is 4.79 Å². The first-order valence-corrected chi connectivity index (χ1v) is 5.84. The molecule has 1 aliphatic heterocycles. The Labute approximate surface area is 96.5 Å². The number of fused-ring (bicyclic) bond motifs is 2. The normalized spacial score (nSPS) is 21.8. The average molecular weight is 230 g/mol. The fourth-order valence-electron chi connectivity index (χ4n) is 2.24. The second-order valence-corrected chi connectivity index (χ2v) is 4.99. The molecule has 1 unspecified atom stereocenters. The third-order valence-electron chi connectivity index (χ3n) is 2.88. The first-order valence-electron chi connectivity index (χ1n) is 4.96. The van der Waals surface area contributed by atoms with E-state index >= 15 is 0 Å². The van der Waals surface area contributed by atoms with Crippen LogP contribution in [-0.2, 0) is 4.79 Å². The van der Waals surface area contributed by atoms with Gasteiger partial charge in [0.25, 0.3) is 5.91 Å². The van der Waals surface area contributed by atoms with E-state index in [1.165, 1.54) is 11.8 Å². The van der Waals surface area contributed by atoms with Crippen LogP contribution in [0.1, 0.15) is 0 Å². The van der Waals surface area contributed by atoms with Crippen LogP contribution in [0.25, 0.3) is 11.6 Å². The van der Waals surface area contributed by atoms with Gasteiger partial charge in [-0.1, -0.05) is 42.1 Å². The summed E-state index contributed by atoms with van der Waals surface area (Å²) in [6, 6.07) is 7.98. The Balaban J connectivity index is 2.38. The summed E-state index contributed by atoms with van der Waals surface area (Å²) < 4.78 is 0. The summed E-state index contributed by atoms with van der Waals surface area (Å²) in [7, 11) is 0. The zero-order valence-electron chi connectivity index (χ0n) is 8.44. The summed E-state index contributed by atoms with van der Waals surface area (Å²) in [5.41, 5.74) is 12.7. The Morgan fingerprint density at radius 3 is 2.81 bits per heavy atom. The Bertz CT molecular complexity index is 645. The molecule has 16 heavy (non-hydrogen) atoms. The van der Waals surface area contributed by atoms with E-state index in [1.54, 1.807) is 0 Å². The Kier molecular flexibility index (Phi) is 1.88. The van der Waals surface area contributed by atoms with Crippen molar-refractivity contribution in [3.8, 4) is 0 Å². The number of carbonyl (C=O) groups is 1. The number of benzene rings is 1. The molecule has 1 aliphatic carbocycles. The van der Waals surface area contributed by atoms with Crippen molar-refractivity contribution in [3.05, 3.63) is 45.3 Å². The third kappa shape index (κ3) is 1.13. The van der Waals surface area contributed by atoms with E-state index in [4.69, 9.17) is 11.5 Å². The molecule has 0 radical (unpaired) electrons. The van der Waals surface area contributed by atoms with Crippen LogP contribution < -0.4 is 21.9 Å². The van der Waals surface area contributed by atoms with Crippen LogP contribution in [0.3, 0.4) is 0 Å². The van der Waals surface area contributed by atoms with Crippen molar-refractivity contribution in [2.24, 2.45) is 11.5 Å². The minimum absolute atomic E-state index is 0.153. The molecule has 4 N–H and O–H groups in total. The van der Waals surface area contributed by atoms with E-state index < -0.39 is 5.91 Å². The summed E-state index contributed by atoms with van der Waals surface area (Å²) in [6.45, 7) is 0. The maximum atomic E-state index is 11.4. The van der Waals surface area contributed by atoms with E-state index in [0.717, 1.165) is 16.0 Å². The molecule has 1 aromatic carbocycles. The molecule has 3 nitrogen and oxygen atoms in total. The molecule has 1 heterocycles. The van der Waals surface area contributed by atoms with Gasteiger partial charge < -0.3 is 11.5 Å². The highest BCUT2D eigenvalue weighted by Gasteiger charge is 2.33. The van der Waals surface area contributed by atoms with Crippen molar-refractivity contribution >= 4 is 29.3 Å². The number of primary amides is 1. The number of nitrogens with two attached hydrogens (primary N) is 2. The minimum atomic E-state index is -0.437. The van der Waals surface area contributed by atoms with Crippen LogP contribution in [0.5, 0.6) is 0 Å². The van der Waals surface area contributed by atoms with E-state index in [9.17, 15) is 4.79 Å². The van der Waals surface area contributed by atoms with Gasteiger partial charge in [-0.3, -0.25) is 4.79 Å². The van der Waals surface area contributed by atoms with Crippen molar-refractivity contribution in [1.29, 1.82) is 0 Å². The van der Waals surface area contributed by atoms with Crippen molar-refractivity contribution in [2.75, 3.05) is 0 Å². The average Bonchev–Trinajstić information content (AvgIpc) is 2.71. The van der Waals surface area contributed by atoms with Crippen LogP contribution in [0.4, 0.5) is 0 Å². The van der Waals surface area contributed by atoms with E-state index in [2.05, 4.69) is 6.08 Å². The SMILES string of the molecule is NC(=O)C1=C(N)SC2C=c3ccccc3=C12. The lowest BCUT2D eigenvalue weighted by molar-refractivity contribution is -0.114. The molecule has 0 fully saturated rings. The van der Waals surface area contributed by atoms with Crippen molar-refractivity contribution in [1.82, 2.24) is 0 Å². The molecule has 1 atom stereocenters. The van der Waals surface area contributed by atoms with Gasteiger partial charge in [-0.15, -0.1) is 0 Å². The van der Waals surface area contributed by atoms with E-state index in [-0.39, 0.29) is 5.25 Å². The first-order chi connectivity index (χ1) is 7.68. The van der Waals surface area contributed by atoms with Gasteiger partial charge in [0.05, 0.1) is 15.9 Å². The summed E-state index contributed by atoms with van der Waals surface area (Å²) in [5.74, 6) is -0.437. The quantitative estimate of drug-likeness (QED) is 0.677. The van der Waals surface area contributed by atoms with Gasteiger partial charge in [-0.25, -0.2) is 0 Å². The lowest BCUT2D eigenvalue weighted by Crippen LogP contribution is -2.26. The molecule has 0 bridgehead atoms. The lowest BCUT2D eigenvalue weighted by atomic mass is 10.0. The topological polar surface area (TPSA) is 69.1 Å². The number of rotatable bonds is 1. The second-order valence-electron chi connectivity index (χ2n) is 3.81. The predicted octanol–water partition coefficient (Wildman–Crippen LogP) is -0.598. The maximum absolute atomic E-state index is 11.4. The molecule has 0 spiro atoms. The molecule has 1 aromatic rings. The molecule has 4 heteroatoms. The van der Waals surface area contributed by atoms with Crippen LogP contribution in [0.2, 0.25) is 0 Å². The molecular formula is C12H10N2OS. The Morgan fingerprint density at radius 2 is 2.06 bits per heavy atom. The Hall–Kier alpha value is -1.68. The molecule has 2 aliphatic rings. The van der Waals surface area contributed by atoms with Gasteiger partial charge in [0.2, 0.25) is 0 Å². The van der Waals surface area contributed by atoms with Gasteiger partial charge in [-0.2, -0.15) is 0 Å². The van der Waals surface area contributed by atoms with Gasteiger partial charge in [0.15, 0.2) is 0 Å². The highest BCUT2D eigenvalue weighted by molar-refractivity contribution is 8.04. The summed E-state index contributed by atoms with van der Waals surface area (Å²) in [5, 5.41) is 2.92. The number of hydrogen-bond donors (Lipinski definition) is 2. The fraction of sp³-hybridized carbons (Fsp3) is 0.0833. The van der Waals surface area contributed by atoms with Crippen molar-refractivity contribution in [3.63, 3.8) is 0 Å². The largest absolute Gasteiger partial charge is 0.393 e. The molecule has 0 aromatic heterocycles. The highest BCUT2D eigenvalue weighted by Crippen LogP contribution is 2.41. The lowest BCUT2D eigenvalue weighted by Gasteiger charge is -2.02. The van der Waals surface area contributed by atoms with Gasteiger partial charge >= 0.3 is 0 Å². The van der Waals surface area contributed by atoms with Crippen molar-refractivity contribution in [2.45, 2.75) is 5.25 Å². The van der Waals surface area contributed by atoms with E-state index in [1.807, 2.05) is 24.3 Å². The molecule has 80 valence electrons. The zero-order valence-corrected chi connectivity index (χ0v) is 9.25. The summed E-state index contributed by atoms with van der Waals surface area (Å²) >= 11 is 1.49. The summed E-state index contributed by atoms with van der Waals surface area (Å²) in [4.78, 5) is 11.4. The number of thioether (sulfide) groups is 1. The van der Waals surface area contributed by atoms with E-state index in [0.29, 0.717) is 10.6 Å². The fourth-order valence-corrected chi connectivity index (χ4v) is 3.42. The van der Waals surface area contributed by atoms with Crippen LogP contribution >= 0.6 is 11.8 Å². The maximum Gasteiger partial charge on any atom is 0.251 e. The smallest absolute Gasteiger partial charge is 0.251 e. The minimum Gasteiger partial charge on any atom is -0.393 e. The molecule has 1 amide bonds. The van der Waals surface area contributed by atoms with Gasteiger partial charge in [0.1, 0.15) is 0 Å². The summed E-state index contributed by atoms with van der Waals surface area (Å²) in [6.07, 6.45) is 2.12. The monoisotopic (exact) mass is 230 g/mol. The molecule has 0 saturated heterocycles. The Morgan fingerprint density at radius 1 is 1.31 bits per heavy atom. The van der Waals surface area contributed by atoms with Crippen LogP contribution in [0, 0.1) is 0 Å². The van der Waals surface area contributed by atoms with Gasteiger partial charge in [-0.05, 0) is 16.0 Å². The standard InChI is InChI=1S/C12H10N2OS/c13-11(15)10-9-7-4-2-1-3-6(7)5-8(9)16-12(10)14/h1-5,8H,14H2,(H2,13,15). The second kappa shape index (κ2) is 3.15. The third-order valence-corrected chi connectivity index (χ3v) is 3.97. The number of hydrogen-bond acceptors (Lipinski definition) is 3. The highest BCUT2D eigenvalue weighted by atomic mass is 32.2.